The number of nitrogen functional groups attached to an aromatic ring is 1. The van der Waals surface area contributed by atoms with Gasteiger partial charge in [0, 0.05) is 25.2 Å². The third-order valence-electron chi connectivity index (χ3n) is 2.94. The van der Waals surface area contributed by atoms with E-state index in [9.17, 15) is 0 Å². The molecule has 1 aliphatic rings. The average Bonchev–Trinajstić information content (AvgIpc) is 2.88. The third-order valence-corrected chi connectivity index (χ3v) is 2.94. The molecule has 0 amide bonds. The first-order chi connectivity index (χ1) is 8.86. The number of hydrogen-bond donors (Lipinski definition) is 2. The van der Waals surface area contributed by atoms with E-state index in [1.807, 2.05) is 10.6 Å². The maximum atomic E-state index is 5.90. The smallest absolute Gasteiger partial charge is 0.260 e. The number of hydrogen-bond acceptors (Lipinski definition) is 6. The molecule has 0 aliphatic carbocycles. The minimum atomic E-state index is 0.125. The van der Waals surface area contributed by atoms with Crippen LogP contribution in [0.2, 0.25) is 0 Å². The van der Waals surface area contributed by atoms with E-state index >= 15 is 0 Å². The van der Waals surface area contributed by atoms with E-state index in [4.69, 9.17) is 15.3 Å². The van der Waals surface area contributed by atoms with Gasteiger partial charge in [-0.1, -0.05) is 0 Å². The quantitative estimate of drug-likeness (QED) is 0.611. The largest absolute Gasteiger partial charge is 0.471 e. The molecule has 3 rings (SSSR count). The maximum Gasteiger partial charge on any atom is 0.260 e. The molecule has 3 N–H and O–H groups in total. The molecule has 1 aliphatic heterocycles. The van der Waals surface area contributed by atoms with Crippen LogP contribution < -0.4 is 16.0 Å². The molecule has 0 bridgehead atoms. The molecule has 7 nitrogen and oxygen atoms in total. The fraction of sp³-hybridized carbons (Fsp3) is 0.455. The van der Waals surface area contributed by atoms with E-state index in [-0.39, 0.29) is 6.10 Å². The number of nitrogens with two attached hydrogens (primary N) is 1. The molecule has 1 saturated heterocycles. The Bertz CT molecular complexity index is 535. The monoisotopic (exact) mass is 249 g/mol. The summed E-state index contributed by atoms with van der Waals surface area (Å²) < 4.78 is 13.0. The van der Waals surface area contributed by atoms with Gasteiger partial charge in [-0.3, -0.25) is 4.40 Å². The standard InChI is InChI=1S/C11H15N5O2/c12-15-9-7-16-4-3-13-10(16)11(14-9)18-8-1-5-17-6-2-8/h3-4,7-8,15H,1-2,5-6,12H2. The molecular formula is C11H15N5O2. The molecular weight excluding hydrogens is 234 g/mol. The number of nitrogens with one attached hydrogen (secondary N) is 1. The highest BCUT2D eigenvalue weighted by Gasteiger charge is 2.18. The van der Waals surface area contributed by atoms with E-state index in [1.165, 1.54) is 0 Å². The summed E-state index contributed by atoms with van der Waals surface area (Å²) >= 11 is 0. The summed E-state index contributed by atoms with van der Waals surface area (Å²) in [6, 6.07) is 0. The number of anilines is 1. The lowest BCUT2D eigenvalue weighted by molar-refractivity contribution is 0.0242. The van der Waals surface area contributed by atoms with Gasteiger partial charge in [0.15, 0.2) is 5.82 Å². The average molecular weight is 249 g/mol. The number of rotatable bonds is 3. The van der Waals surface area contributed by atoms with Crippen LogP contribution in [0.4, 0.5) is 5.82 Å². The molecule has 1 fully saturated rings. The minimum absolute atomic E-state index is 0.125. The number of imidazole rings is 1. The van der Waals surface area contributed by atoms with Gasteiger partial charge in [0.05, 0.1) is 19.4 Å². The number of hydrazine groups is 1. The molecule has 0 unspecified atom stereocenters. The van der Waals surface area contributed by atoms with Gasteiger partial charge in [-0.2, -0.15) is 4.98 Å². The fourth-order valence-corrected chi connectivity index (χ4v) is 2.00. The van der Waals surface area contributed by atoms with E-state index in [1.54, 1.807) is 12.4 Å². The Balaban J connectivity index is 1.91. The van der Waals surface area contributed by atoms with Crippen LogP contribution in [0.1, 0.15) is 12.8 Å². The van der Waals surface area contributed by atoms with Gasteiger partial charge in [-0.15, -0.1) is 0 Å². The molecule has 2 aromatic heterocycles. The van der Waals surface area contributed by atoms with E-state index in [2.05, 4.69) is 15.4 Å². The second kappa shape index (κ2) is 4.79. The predicted octanol–water partition coefficient (Wildman–Crippen LogP) is 0.573. The van der Waals surface area contributed by atoms with Gasteiger partial charge in [0.1, 0.15) is 6.10 Å². The molecule has 0 radical (unpaired) electrons. The zero-order chi connectivity index (χ0) is 12.4. The number of aromatic nitrogens is 3. The van der Waals surface area contributed by atoms with E-state index in [0.717, 1.165) is 26.1 Å². The summed E-state index contributed by atoms with van der Waals surface area (Å²) in [5.74, 6) is 6.44. The van der Waals surface area contributed by atoms with Gasteiger partial charge in [-0.25, -0.2) is 10.8 Å². The summed E-state index contributed by atoms with van der Waals surface area (Å²) in [4.78, 5) is 8.54. The molecule has 7 heteroatoms. The van der Waals surface area contributed by atoms with Crippen molar-refractivity contribution in [3.8, 4) is 5.88 Å². The fourth-order valence-electron chi connectivity index (χ4n) is 2.00. The Hall–Kier alpha value is -1.86. The highest BCUT2D eigenvalue weighted by molar-refractivity contribution is 5.53. The van der Waals surface area contributed by atoms with Crippen LogP contribution in [0.25, 0.3) is 5.65 Å². The first-order valence-corrected chi connectivity index (χ1v) is 5.91. The van der Waals surface area contributed by atoms with Crippen molar-refractivity contribution in [2.24, 2.45) is 5.84 Å². The van der Waals surface area contributed by atoms with Gasteiger partial charge in [-0.05, 0) is 0 Å². The first-order valence-electron chi connectivity index (χ1n) is 5.91. The summed E-state index contributed by atoms with van der Waals surface area (Å²) in [5.41, 5.74) is 3.22. The lowest BCUT2D eigenvalue weighted by Gasteiger charge is -2.23. The van der Waals surface area contributed by atoms with Crippen molar-refractivity contribution in [3.63, 3.8) is 0 Å². The Morgan fingerprint density at radius 2 is 2.28 bits per heavy atom. The number of ether oxygens (including phenoxy) is 2. The predicted molar refractivity (Wildman–Crippen MR) is 65.3 cm³/mol. The maximum absolute atomic E-state index is 5.90. The van der Waals surface area contributed by atoms with Crippen LogP contribution in [0.3, 0.4) is 0 Å². The van der Waals surface area contributed by atoms with Gasteiger partial charge in [0.25, 0.3) is 5.88 Å². The Labute approximate surface area is 104 Å². The van der Waals surface area contributed by atoms with Crippen molar-refractivity contribution in [3.05, 3.63) is 18.6 Å². The lowest BCUT2D eigenvalue weighted by atomic mass is 10.2. The van der Waals surface area contributed by atoms with Crippen LogP contribution in [0.15, 0.2) is 18.6 Å². The van der Waals surface area contributed by atoms with Gasteiger partial charge < -0.3 is 14.9 Å². The minimum Gasteiger partial charge on any atom is -0.471 e. The highest BCUT2D eigenvalue weighted by atomic mass is 16.5. The molecule has 0 atom stereocenters. The van der Waals surface area contributed by atoms with Crippen molar-refractivity contribution >= 4 is 11.5 Å². The van der Waals surface area contributed by atoms with Crippen LogP contribution in [0.5, 0.6) is 5.88 Å². The van der Waals surface area contributed by atoms with Crippen molar-refractivity contribution in [2.45, 2.75) is 18.9 Å². The summed E-state index contributed by atoms with van der Waals surface area (Å²) in [6.07, 6.45) is 7.16. The zero-order valence-corrected chi connectivity index (χ0v) is 9.87. The van der Waals surface area contributed by atoms with Crippen LogP contribution >= 0.6 is 0 Å². The first kappa shape index (κ1) is 11.2. The molecule has 0 aromatic carbocycles. The summed E-state index contributed by atoms with van der Waals surface area (Å²) in [7, 11) is 0. The van der Waals surface area contributed by atoms with Crippen molar-refractivity contribution in [2.75, 3.05) is 18.6 Å². The molecule has 0 spiro atoms. The van der Waals surface area contributed by atoms with Crippen LogP contribution in [0, 0.1) is 0 Å². The summed E-state index contributed by atoms with van der Waals surface area (Å²) in [5, 5.41) is 0. The van der Waals surface area contributed by atoms with Crippen molar-refractivity contribution in [1.29, 1.82) is 0 Å². The molecule has 96 valence electrons. The van der Waals surface area contributed by atoms with E-state index < -0.39 is 0 Å². The third kappa shape index (κ3) is 2.09. The molecule has 2 aromatic rings. The van der Waals surface area contributed by atoms with Gasteiger partial charge in [0.2, 0.25) is 5.65 Å². The summed E-state index contributed by atoms with van der Waals surface area (Å²) in [6.45, 7) is 1.45. The number of nitrogens with zero attached hydrogens (tertiary/aromatic N) is 3. The zero-order valence-electron chi connectivity index (χ0n) is 9.87. The van der Waals surface area contributed by atoms with Crippen molar-refractivity contribution < 1.29 is 9.47 Å². The van der Waals surface area contributed by atoms with Crippen LogP contribution in [-0.4, -0.2) is 33.7 Å². The Kier molecular flexibility index (Phi) is 2.99. The SMILES string of the molecule is NNc1cn2ccnc2c(OC2CCOCC2)n1. The van der Waals surface area contributed by atoms with Gasteiger partial charge >= 0.3 is 0 Å². The lowest BCUT2D eigenvalue weighted by Crippen LogP contribution is -2.26. The number of fused-ring (bicyclic) bond motifs is 1. The molecule has 0 saturated carbocycles. The second-order valence-corrected chi connectivity index (χ2v) is 4.16. The van der Waals surface area contributed by atoms with Crippen LogP contribution in [-0.2, 0) is 4.74 Å². The Morgan fingerprint density at radius 3 is 3.06 bits per heavy atom. The van der Waals surface area contributed by atoms with E-state index in [0.29, 0.717) is 17.3 Å². The Morgan fingerprint density at radius 1 is 1.44 bits per heavy atom. The topological polar surface area (TPSA) is 86.7 Å². The second-order valence-electron chi connectivity index (χ2n) is 4.16. The highest BCUT2D eigenvalue weighted by Crippen LogP contribution is 2.22. The normalized spacial score (nSPS) is 16.9. The molecule has 18 heavy (non-hydrogen) atoms. The molecule has 3 heterocycles. The van der Waals surface area contributed by atoms with Crippen molar-refractivity contribution in [1.82, 2.24) is 14.4 Å².